The number of nitrogens with one attached hydrogen (secondary N) is 1. The molecule has 3 aromatic rings. The van der Waals surface area contributed by atoms with E-state index in [2.05, 4.69) is 20.3 Å². The summed E-state index contributed by atoms with van der Waals surface area (Å²) >= 11 is 1.63. The average molecular weight is 383 g/mol. The molecule has 0 radical (unpaired) electrons. The fourth-order valence-electron chi connectivity index (χ4n) is 2.78. The minimum absolute atomic E-state index is 0.133. The van der Waals surface area contributed by atoms with E-state index in [0.717, 1.165) is 21.1 Å². The molecule has 0 aliphatic heterocycles. The molecule has 0 saturated carbocycles. The van der Waals surface area contributed by atoms with Gasteiger partial charge in [0, 0.05) is 22.1 Å². The summed E-state index contributed by atoms with van der Waals surface area (Å²) < 4.78 is 5.12. The number of nitrogen functional groups attached to an aromatic ring is 1. The van der Waals surface area contributed by atoms with Gasteiger partial charge < -0.3 is 15.8 Å². The molecule has 0 fully saturated rings. The number of rotatable bonds is 5. The largest absolute Gasteiger partial charge is 0.481 e. The summed E-state index contributed by atoms with van der Waals surface area (Å²) in [5, 5.41) is 3.99. The van der Waals surface area contributed by atoms with Crippen molar-refractivity contribution in [3.63, 3.8) is 0 Å². The quantitative estimate of drug-likeness (QED) is 0.701. The third-order valence-corrected chi connectivity index (χ3v) is 4.97. The summed E-state index contributed by atoms with van der Waals surface area (Å²) in [5.41, 5.74) is 8.62. The van der Waals surface area contributed by atoms with Gasteiger partial charge in [-0.15, -0.1) is 11.3 Å². The average Bonchev–Trinajstić information content (AvgIpc) is 2.99. The molecule has 1 atom stereocenters. The van der Waals surface area contributed by atoms with Crippen molar-refractivity contribution in [2.24, 2.45) is 0 Å². The summed E-state index contributed by atoms with van der Waals surface area (Å²) in [6.07, 6.45) is 0. The van der Waals surface area contributed by atoms with Gasteiger partial charge in [0.1, 0.15) is 0 Å². The zero-order valence-electron chi connectivity index (χ0n) is 15.6. The maximum atomic E-state index is 12.5. The first-order chi connectivity index (χ1) is 12.9. The van der Waals surface area contributed by atoms with Crippen molar-refractivity contribution in [1.29, 1.82) is 0 Å². The van der Waals surface area contributed by atoms with Crippen LogP contribution in [0.25, 0.3) is 11.3 Å². The summed E-state index contributed by atoms with van der Waals surface area (Å²) in [6.45, 7) is 5.91. The Labute approximate surface area is 161 Å². The van der Waals surface area contributed by atoms with Crippen LogP contribution in [0.15, 0.2) is 30.3 Å². The molecule has 8 heteroatoms. The van der Waals surface area contributed by atoms with E-state index in [9.17, 15) is 4.79 Å². The summed E-state index contributed by atoms with van der Waals surface area (Å²) in [4.78, 5) is 26.3. The number of carbonyl (C=O) groups is 1. The fraction of sp³-hybridized carbons (Fsp3) is 0.263. The number of aryl methyl sites for hydroxylation is 2. The Morgan fingerprint density at radius 2 is 1.89 bits per heavy atom. The van der Waals surface area contributed by atoms with E-state index in [1.54, 1.807) is 29.5 Å². The molecule has 2 heterocycles. The van der Waals surface area contributed by atoms with Crippen molar-refractivity contribution in [3.05, 3.63) is 51.5 Å². The monoisotopic (exact) mass is 383 g/mol. The van der Waals surface area contributed by atoms with E-state index in [1.807, 2.05) is 32.9 Å². The standard InChI is InChI=1S/C19H21N5O2S/c1-10(17-11(2)27-12(3)22-17)21-18(25)14-7-5-13(6-8-14)15-9-16(26-4)24-19(20)23-15/h5-10H,1-4H3,(H,21,25)(H2,20,23,24)/t10-/m1/s1. The van der Waals surface area contributed by atoms with Gasteiger partial charge in [-0.05, 0) is 32.9 Å². The Hall–Kier alpha value is -3.00. The molecule has 1 aromatic carbocycles. The highest BCUT2D eigenvalue weighted by molar-refractivity contribution is 7.11. The normalized spacial score (nSPS) is 11.9. The maximum absolute atomic E-state index is 12.5. The Kier molecular flexibility index (Phi) is 5.36. The minimum Gasteiger partial charge on any atom is -0.481 e. The van der Waals surface area contributed by atoms with Gasteiger partial charge in [0.2, 0.25) is 11.8 Å². The number of nitrogens with zero attached hydrogens (tertiary/aromatic N) is 3. The smallest absolute Gasteiger partial charge is 0.251 e. The molecular weight excluding hydrogens is 362 g/mol. The lowest BCUT2D eigenvalue weighted by Crippen LogP contribution is -2.27. The highest BCUT2D eigenvalue weighted by Gasteiger charge is 2.16. The Morgan fingerprint density at radius 1 is 1.19 bits per heavy atom. The Bertz CT molecular complexity index is 969. The highest BCUT2D eigenvalue weighted by Crippen LogP contribution is 2.24. The molecule has 0 bridgehead atoms. The van der Waals surface area contributed by atoms with Crippen LogP contribution in [0.3, 0.4) is 0 Å². The van der Waals surface area contributed by atoms with Gasteiger partial charge in [-0.1, -0.05) is 12.1 Å². The number of ether oxygens (including phenoxy) is 1. The van der Waals surface area contributed by atoms with Crippen molar-refractivity contribution in [3.8, 4) is 17.1 Å². The molecule has 0 aliphatic rings. The van der Waals surface area contributed by atoms with Gasteiger partial charge in [-0.3, -0.25) is 4.79 Å². The minimum atomic E-state index is -0.159. The van der Waals surface area contributed by atoms with Crippen LogP contribution in [-0.2, 0) is 0 Å². The number of anilines is 1. The number of methoxy groups -OCH3 is 1. The van der Waals surface area contributed by atoms with Crippen LogP contribution in [0.2, 0.25) is 0 Å². The molecular formula is C19H21N5O2S. The van der Waals surface area contributed by atoms with Crippen molar-refractivity contribution < 1.29 is 9.53 Å². The molecule has 0 aliphatic carbocycles. The molecule has 3 N–H and O–H groups in total. The number of hydrogen-bond acceptors (Lipinski definition) is 7. The molecule has 0 unspecified atom stereocenters. The molecule has 140 valence electrons. The second-order valence-corrected chi connectivity index (χ2v) is 7.51. The molecule has 2 aromatic heterocycles. The van der Waals surface area contributed by atoms with Gasteiger partial charge >= 0.3 is 0 Å². The van der Waals surface area contributed by atoms with Gasteiger partial charge in [-0.25, -0.2) is 9.97 Å². The van der Waals surface area contributed by atoms with Gasteiger partial charge in [0.25, 0.3) is 5.91 Å². The van der Waals surface area contributed by atoms with E-state index in [4.69, 9.17) is 10.5 Å². The second kappa shape index (κ2) is 7.71. The van der Waals surface area contributed by atoms with Gasteiger partial charge in [0.05, 0.1) is 29.5 Å². The van der Waals surface area contributed by atoms with E-state index in [0.29, 0.717) is 17.1 Å². The summed E-state index contributed by atoms with van der Waals surface area (Å²) in [5.74, 6) is 0.370. The number of benzene rings is 1. The topological polar surface area (TPSA) is 103 Å². The molecule has 3 rings (SSSR count). The van der Waals surface area contributed by atoms with E-state index in [-0.39, 0.29) is 17.9 Å². The van der Waals surface area contributed by atoms with E-state index in [1.165, 1.54) is 7.11 Å². The van der Waals surface area contributed by atoms with Crippen LogP contribution in [0.1, 0.15) is 38.9 Å². The summed E-state index contributed by atoms with van der Waals surface area (Å²) in [7, 11) is 1.52. The lowest BCUT2D eigenvalue weighted by Gasteiger charge is -2.13. The zero-order valence-corrected chi connectivity index (χ0v) is 16.4. The number of thiazole rings is 1. The molecule has 0 spiro atoms. The maximum Gasteiger partial charge on any atom is 0.251 e. The predicted molar refractivity (Wildman–Crippen MR) is 106 cm³/mol. The Morgan fingerprint density at radius 3 is 2.48 bits per heavy atom. The number of aromatic nitrogens is 3. The van der Waals surface area contributed by atoms with Crippen LogP contribution in [-0.4, -0.2) is 28.0 Å². The van der Waals surface area contributed by atoms with Crippen molar-refractivity contribution in [2.45, 2.75) is 26.8 Å². The molecule has 0 saturated heterocycles. The molecule has 7 nitrogen and oxygen atoms in total. The van der Waals surface area contributed by atoms with Crippen molar-refractivity contribution in [1.82, 2.24) is 20.3 Å². The van der Waals surface area contributed by atoms with Crippen LogP contribution < -0.4 is 15.8 Å². The SMILES string of the molecule is COc1cc(-c2ccc(C(=O)N[C@H](C)c3nc(C)sc3C)cc2)nc(N)n1. The number of carbonyl (C=O) groups excluding carboxylic acids is 1. The highest BCUT2D eigenvalue weighted by atomic mass is 32.1. The van der Waals surface area contributed by atoms with Crippen LogP contribution in [0.5, 0.6) is 5.88 Å². The number of amides is 1. The lowest BCUT2D eigenvalue weighted by molar-refractivity contribution is 0.0939. The first-order valence-electron chi connectivity index (χ1n) is 8.41. The van der Waals surface area contributed by atoms with Crippen LogP contribution in [0, 0.1) is 13.8 Å². The fourth-order valence-corrected chi connectivity index (χ4v) is 3.70. The summed E-state index contributed by atoms with van der Waals surface area (Å²) in [6, 6.07) is 8.68. The van der Waals surface area contributed by atoms with Crippen molar-refractivity contribution in [2.75, 3.05) is 12.8 Å². The second-order valence-electron chi connectivity index (χ2n) is 6.10. The third kappa shape index (κ3) is 4.22. The van der Waals surface area contributed by atoms with Gasteiger partial charge in [0.15, 0.2) is 0 Å². The first kappa shape index (κ1) is 18.8. The number of nitrogens with two attached hydrogens (primary N) is 1. The Balaban J connectivity index is 1.76. The van der Waals surface area contributed by atoms with E-state index < -0.39 is 0 Å². The zero-order chi connectivity index (χ0) is 19.6. The first-order valence-corrected chi connectivity index (χ1v) is 9.22. The van der Waals surface area contributed by atoms with E-state index >= 15 is 0 Å². The molecule has 1 amide bonds. The number of hydrogen-bond donors (Lipinski definition) is 2. The van der Waals surface area contributed by atoms with Crippen LogP contribution in [0.4, 0.5) is 5.95 Å². The van der Waals surface area contributed by atoms with Gasteiger partial charge in [-0.2, -0.15) is 4.98 Å². The molecule has 27 heavy (non-hydrogen) atoms. The third-order valence-electron chi connectivity index (χ3n) is 4.07. The predicted octanol–water partition coefficient (Wildman–Crippen LogP) is 3.30. The lowest BCUT2D eigenvalue weighted by atomic mass is 10.1. The van der Waals surface area contributed by atoms with Crippen LogP contribution >= 0.6 is 11.3 Å². The van der Waals surface area contributed by atoms with Crippen molar-refractivity contribution >= 4 is 23.2 Å².